The second-order valence-corrected chi connectivity index (χ2v) is 8.33. The zero-order valence-electron chi connectivity index (χ0n) is 17.5. The molecule has 0 saturated heterocycles. The van der Waals surface area contributed by atoms with Gasteiger partial charge >= 0.3 is 6.03 Å². The smallest absolute Gasteiger partial charge is 0.322 e. The monoisotopic (exact) mass is 442 g/mol. The van der Waals surface area contributed by atoms with Crippen LogP contribution in [0, 0.1) is 11.6 Å². The van der Waals surface area contributed by atoms with Gasteiger partial charge in [-0.1, -0.05) is 48.5 Å². The quantitative estimate of drug-likeness (QED) is 0.304. The van der Waals surface area contributed by atoms with Crippen LogP contribution >= 0.6 is 0 Å². The summed E-state index contributed by atoms with van der Waals surface area (Å²) >= 11 is 0. The number of hydrogen-bond donors (Lipinski definition) is 3. The minimum absolute atomic E-state index is 0.114. The summed E-state index contributed by atoms with van der Waals surface area (Å²) in [5.74, 6) is -0.785. The number of urea groups is 1. The van der Waals surface area contributed by atoms with Crippen LogP contribution in [0.3, 0.4) is 0 Å². The minimum atomic E-state index is -0.369. The van der Waals surface area contributed by atoms with Gasteiger partial charge in [0, 0.05) is 42.2 Å². The largest absolute Gasteiger partial charge is 0.358 e. The number of H-pyrrole nitrogens is 2. The van der Waals surface area contributed by atoms with Crippen molar-refractivity contribution >= 4 is 33.5 Å². The molecule has 5 nitrogen and oxygen atoms in total. The Bertz CT molecular complexity index is 1520. The van der Waals surface area contributed by atoms with Crippen LogP contribution in [0.2, 0.25) is 0 Å². The topological polar surface area (TPSA) is 63.9 Å². The number of aromatic amines is 2. The Labute approximate surface area is 188 Å². The third kappa shape index (κ3) is 3.16. The average Bonchev–Trinajstić information content (AvgIpc) is 3.44. The fourth-order valence-electron chi connectivity index (χ4n) is 4.87. The average molecular weight is 442 g/mol. The molecule has 0 spiro atoms. The van der Waals surface area contributed by atoms with E-state index in [1.165, 1.54) is 12.1 Å². The van der Waals surface area contributed by atoms with Crippen molar-refractivity contribution < 1.29 is 13.6 Å². The highest BCUT2D eigenvalue weighted by Crippen LogP contribution is 2.37. The molecule has 5 aromatic rings. The van der Waals surface area contributed by atoms with Gasteiger partial charge in [0.1, 0.15) is 11.6 Å². The lowest BCUT2D eigenvalue weighted by Gasteiger charge is -2.34. The Hall–Kier alpha value is -4.13. The summed E-state index contributed by atoms with van der Waals surface area (Å²) in [6.07, 6.45) is 3.43. The summed E-state index contributed by atoms with van der Waals surface area (Å²) in [4.78, 5) is 21.0. The summed E-state index contributed by atoms with van der Waals surface area (Å²) in [5, 5.41) is 4.35. The first-order chi connectivity index (χ1) is 16.1. The van der Waals surface area contributed by atoms with E-state index in [-0.39, 0.29) is 23.6 Å². The Morgan fingerprint density at radius 3 is 2.36 bits per heavy atom. The summed E-state index contributed by atoms with van der Waals surface area (Å²) in [6, 6.07) is 17.5. The number of benzene rings is 3. The number of amides is 2. The van der Waals surface area contributed by atoms with Crippen LogP contribution in [-0.2, 0) is 6.54 Å². The highest BCUT2D eigenvalue weighted by atomic mass is 19.1. The molecule has 1 unspecified atom stereocenters. The highest BCUT2D eigenvalue weighted by molar-refractivity contribution is 6.01. The summed E-state index contributed by atoms with van der Waals surface area (Å²) in [5.41, 5.74) is 4.46. The number of anilines is 1. The maximum Gasteiger partial charge on any atom is 0.322 e. The fraction of sp³-hybridized carbons (Fsp3) is 0.115. The molecule has 0 fully saturated rings. The number of fused-ring (bicyclic) bond motifs is 3. The van der Waals surface area contributed by atoms with Crippen molar-refractivity contribution in [3.05, 3.63) is 101 Å². The number of nitrogens with zero attached hydrogens (tertiary/aromatic N) is 1. The normalized spacial score (nSPS) is 15.7. The minimum Gasteiger partial charge on any atom is -0.358 e. The second-order valence-electron chi connectivity index (χ2n) is 8.33. The van der Waals surface area contributed by atoms with Crippen LogP contribution in [0.25, 0.3) is 21.8 Å². The number of hydrogen-bond acceptors (Lipinski definition) is 1. The van der Waals surface area contributed by atoms with Crippen molar-refractivity contribution in [1.29, 1.82) is 0 Å². The van der Waals surface area contributed by atoms with Gasteiger partial charge in [-0.15, -0.1) is 0 Å². The summed E-state index contributed by atoms with van der Waals surface area (Å²) < 4.78 is 28.3. The van der Waals surface area contributed by atoms with Crippen LogP contribution in [0.15, 0.2) is 73.1 Å². The van der Waals surface area contributed by atoms with Crippen LogP contribution in [0.4, 0.5) is 19.3 Å². The lowest BCUT2D eigenvalue weighted by molar-refractivity contribution is 0.203. The molecule has 0 radical (unpaired) electrons. The Balaban J connectivity index is 1.36. The van der Waals surface area contributed by atoms with E-state index < -0.39 is 0 Å². The van der Waals surface area contributed by atoms with Gasteiger partial charge in [-0.3, -0.25) is 0 Å². The van der Waals surface area contributed by atoms with E-state index in [9.17, 15) is 13.6 Å². The molecule has 1 aliphatic heterocycles. The van der Waals surface area contributed by atoms with Crippen molar-refractivity contribution in [3.63, 3.8) is 0 Å². The number of halogens is 2. The molecule has 3 heterocycles. The predicted molar refractivity (Wildman–Crippen MR) is 124 cm³/mol. The van der Waals surface area contributed by atoms with Gasteiger partial charge in [-0.2, -0.15) is 0 Å². The van der Waals surface area contributed by atoms with Gasteiger partial charge in [0.2, 0.25) is 0 Å². The molecule has 1 atom stereocenters. The van der Waals surface area contributed by atoms with Gasteiger partial charge in [0.15, 0.2) is 0 Å². The third-order valence-electron chi connectivity index (χ3n) is 6.46. The van der Waals surface area contributed by atoms with Crippen molar-refractivity contribution in [1.82, 2.24) is 14.9 Å². The first-order valence-corrected chi connectivity index (χ1v) is 10.7. The number of para-hydroxylation sites is 2. The van der Waals surface area contributed by atoms with Gasteiger partial charge in [-0.05, 0) is 28.8 Å². The molecule has 164 valence electrons. The summed E-state index contributed by atoms with van der Waals surface area (Å²) in [7, 11) is 0. The van der Waals surface area contributed by atoms with Crippen molar-refractivity contribution in [2.45, 2.75) is 12.5 Å². The number of carbonyl (C=O) groups is 1. The first-order valence-electron chi connectivity index (χ1n) is 10.7. The molecule has 3 N–H and O–H groups in total. The Morgan fingerprint density at radius 1 is 0.848 bits per heavy atom. The first kappa shape index (κ1) is 19.5. The van der Waals surface area contributed by atoms with E-state index in [0.29, 0.717) is 35.2 Å². The fourth-order valence-corrected chi connectivity index (χ4v) is 4.87. The van der Waals surface area contributed by atoms with Crippen molar-refractivity contribution in [2.24, 2.45) is 0 Å². The van der Waals surface area contributed by atoms with Crippen LogP contribution < -0.4 is 5.32 Å². The SMILES string of the molecule is O=C(Nc1c[nH]c2c(F)cccc12)N1Cc2ccccc2C(c2c[nH]c3c(F)cccc23)C1. The molecule has 33 heavy (non-hydrogen) atoms. The highest BCUT2D eigenvalue weighted by Gasteiger charge is 2.31. The van der Waals surface area contributed by atoms with Gasteiger partial charge < -0.3 is 20.2 Å². The Kier molecular flexibility index (Phi) is 4.43. The van der Waals surface area contributed by atoms with Crippen molar-refractivity contribution in [3.8, 4) is 0 Å². The molecule has 7 heteroatoms. The van der Waals surface area contributed by atoms with Crippen LogP contribution in [0.5, 0.6) is 0 Å². The molecule has 6 rings (SSSR count). The maximum atomic E-state index is 14.3. The van der Waals surface area contributed by atoms with Crippen LogP contribution in [-0.4, -0.2) is 27.4 Å². The molecule has 3 aromatic carbocycles. The van der Waals surface area contributed by atoms with E-state index >= 15 is 0 Å². The molecule has 0 aliphatic carbocycles. The van der Waals surface area contributed by atoms with Gasteiger partial charge in [-0.25, -0.2) is 13.6 Å². The molecular formula is C26H20F2N4O. The molecule has 0 saturated carbocycles. The number of aromatic nitrogens is 2. The van der Waals surface area contributed by atoms with E-state index in [2.05, 4.69) is 21.4 Å². The molecule has 2 amide bonds. The maximum absolute atomic E-state index is 14.3. The van der Waals surface area contributed by atoms with Crippen LogP contribution in [0.1, 0.15) is 22.6 Å². The zero-order chi connectivity index (χ0) is 22.5. The molecule has 0 bridgehead atoms. The van der Waals surface area contributed by atoms with E-state index in [1.54, 1.807) is 29.3 Å². The van der Waals surface area contributed by atoms with Crippen molar-refractivity contribution in [2.75, 3.05) is 11.9 Å². The second kappa shape index (κ2) is 7.48. The van der Waals surface area contributed by atoms with Gasteiger partial charge in [0.05, 0.1) is 16.7 Å². The number of carbonyl (C=O) groups excluding carboxylic acids is 1. The van der Waals surface area contributed by atoms with E-state index in [1.807, 2.05) is 30.5 Å². The lowest BCUT2D eigenvalue weighted by Crippen LogP contribution is -2.41. The van der Waals surface area contributed by atoms with Gasteiger partial charge in [0.25, 0.3) is 0 Å². The van der Waals surface area contributed by atoms with E-state index in [0.717, 1.165) is 22.1 Å². The molecule has 2 aromatic heterocycles. The Morgan fingerprint density at radius 2 is 1.55 bits per heavy atom. The number of nitrogens with one attached hydrogen (secondary N) is 3. The molecular weight excluding hydrogens is 422 g/mol. The predicted octanol–water partition coefficient (Wildman–Crippen LogP) is 6.11. The van der Waals surface area contributed by atoms with E-state index in [4.69, 9.17) is 0 Å². The lowest BCUT2D eigenvalue weighted by atomic mass is 9.84. The summed E-state index contributed by atoms with van der Waals surface area (Å²) in [6.45, 7) is 0.884. The standard InChI is InChI=1S/C26H20F2N4O/c27-21-9-3-7-17-19(11-29-24(17)21)20-14-32(13-15-5-1-2-6-16(15)20)26(33)31-23-12-30-25-18(23)8-4-10-22(25)28/h1-12,20,29-30H,13-14H2,(H,31,33). The third-order valence-corrected chi connectivity index (χ3v) is 6.46. The number of rotatable bonds is 2. The zero-order valence-corrected chi connectivity index (χ0v) is 17.5. The molecule has 1 aliphatic rings.